The van der Waals surface area contributed by atoms with Gasteiger partial charge in [0, 0.05) is 0 Å². The van der Waals surface area contributed by atoms with E-state index in [0.29, 0.717) is 0 Å². The highest BCUT2D eigenvalue weighted by Gasteiger charge is 2.03. The summed E-state index contributed by atoms with van der Waals surface area (Å²) in [5, 5.41) is 4.06. The van der Waals surface area contributed by atoms with Crippen LogP contribution in [0.3, 0.4) is 0 Å². The first kappa shape index (κ1) is 13.2. The van der Waals surface area contributed by atoms with E-state index in [1.165, 1.54) is 0 Å². The molecular weight excluding hydrogens is 214 g/mol. The molecule has 0 spiro atoms. The zero-order valence-electron chi connectivity index (χ0n) is 10.1. The Labute approximate surface area is 102 Å². The van der Waals surface area contributed by atoms with Gasteiger partial charge in [-0.25, -0.2) is 10.2 Å². The summed E-state index contributed by atoms with van der Waals surface area (Å²) in [5.74, 6) is 0. The minimum absolute atomic E-state index is 0.631. The van der Waals surface area contributed by atoms with Crippen molar-refractivity contribution in [3.8, 4) is 0 Å². The van der Waals surface area contributed by atoms with Crippen molar-refractivity contribution >= 4 is 11.7 Å². The summed E-state index contributed by atoms with van der Waals surface area (Å²) in [7, 11) is 0. The molecule has 4 nitrogen and oxygen atoms in total. The molecule has 0 aromatic heterocycles. The summed E-state index contributed by atoms with van der Waals surface area (Å²) < 4.78 is 0. The number of unbranched alkanes of at least 4 members (excludes halogenated alkanes) is 2. The molecule has 1 aromatic rings. The van der Waals surface area contributed by atoms with Crippen LogP contribution >= 0.6 is 0 Å². The molecule has 0 aliphatic rings. The maximum atomic E-state index is 10.7. The van der Waals surface area contributed by atoms with Crippen molar-refractivity contribution in [1.29, 1.82) is 0 Å². The van der Waals surface area contributed by atoms with Crippen LogP contribution in [0.5, 0.6) is 0 Å². The van der Waals surface area contributed by atoms with Crippen LogP contribution in [0.4, 0.5) is 4.79 Å². The molecule has 0 aliphatic heterocycles. The molecule has 0 unspecified atom stereocenters. The van der Waals surface area contributed by atoms with E-state index >= 15 is 0 Å². The Balaban J connectivity index is 2.72. The Kier molecular flexibility index (Phi) is 5.79. The second kappa shape index (κ2) is 7.44. The first-order valence-corrected chi connectivity index (χ1v) is 5.91. The number of hydrogen-bond donors (Lipinski definition) is 2. The van der Waals surface area contributed by atoms with Crippen LogP contribution in [0, 0.1) is 0 Å². The van der Waals surface area contributed by atoms with Crippen molar-refractivity contribution < 1.29 is 4.79 Å². The van der Waals surface area contributed by atoms with Gasteiger partial charge in [0.15, 0.2) is 0 Å². The first-order chi connectivity index (χ1) is 8.24. The molecule has 1 aromatic carbocycles. The number of benzene rings is 1. The molecule has 0 fully saturated rings. The molecule has 0 radical (unpaired) electrons. The van der Waals surface area contributed by atoms with Crippen LogP contribution in [0.15, 0.2) is 35.4 Å². The number of nitrogens with two attached hydrogens (primary N) is 1. The van der Waals surface area contributed by atoms with Crippen molar-refractivity contribution in [2.75, 3.05) is 0 Å². The van der Waals surface area contributed by atoms with Crippen LogP contribution < -0.4 is 11.2 Å². The highest BCUT2D eigenvalue weighted by atomic mass is 16.2. The third kappa shape index (κ3) is 5.15. The molecule has 0 saturated carbocycles. The van der Waals surface area contributed by atoms with Gasteiger partial charge in [-0.15, -0.1) is 0 Å². The largest absolute Gasteiger partial charge is 0.350 e. The van der Waals surface area contributed by atoms with Gasteiger partial charge in [-0.2, -0.15) is 5.10 Å². The molecule has 2 amide bonds. The van der Waals surface area contributed by atoms with Crippen LogP contribution in [0.25, 0.3) is 0 Å². The first-order valence-electron chi connectivity index (χ1n) is 5.91. The van der Waals surface area contributed by atoms with Gasteiger partial charge >= 0.3 is 6.03 Å². The fraction of sp³-hybridized carbons (Fsp3) is 0.385. The van der Waals surface area contributed by atoms with Gasteiger partial charge in [-0.1, -0.05) is 50.1 Å². The summed E-state index contributed by atoms with van der Waals surface area (Å²) in [6, 6.07) is 9.19. The molecule has 0 bridgehead atoms. The highest BCUT2D eigenvalue weighted by molar-refractivity contribution is 6.00. The fourth-order valence-electron chi connectivity index (χ4n) is 1.56. The molecule has 92 valence electrons. The molecule has 1 rings (SSSR count). The molecular formula is C13H19N3O. The van der Waals surface area contributed by atoms with Gasteiger partial charge in [0.2, 0.25) is 0 Å². The van der Waals surface area contributed by atoms with Crippen molar-refractivity contribution in [3.63, 3.8) is 0 Å². The maximum absolute atomic E-state index is 10.7. The Bertz CT molecular complexity index is 374. The van der Waals surface area contributed by atoms with Gasteiger partial charge in [0.1, 0.15) is 0 Å². The molecule has 17 heavy (non-hydrogen) atoms. The number of nitrogens with one attached hydrogen (secondary N) is 1. The summed E-state index contributed by atoms with van der Waals surface area (Å²) in [6.45, 7) is 2.15. The summed E-state index contributed by atoms with van der Waals surface area (Å²) >= 11 is 0. The van der Waals surface area contributed by atoms with Crippen LogP contribution in [-0.4, -0.2) is 11.7 Å². The molecule has 4 heteroatoms. The zero-order chi connectivity index (χ0) is 12.5. The summed E-state index contributed by atoms with van der Waals surface area (Å²) in [4.78, 5) is 10.7. The van der Waals surface area contributed by atoms with E-state index in [2.05, 4.69) is 17.5 Å². The van der Waals surface area contributed by atoms with Crippen molar-refractivity contribution in [1.82, 2.24) is 5.43 Å². The predicted molar refractivity (Wildman–Crippen MR) is 69.8 cm³/mol. The number of nitrogens with zero attached hydrogens (tertiary/aromatic N) is 1. The second-order valence-corrected chi connectivity index (χ2v) is 3.86. The number of primary amides is 1. The molecule has 0 aliphatic carbocycles. The Hall–Kier alpha value is -1.84. The van der Waals surface area contributed by atoms with Crippen LogP contribution in [0.2, 0.25) is 0 Å². The lowest BCUT2D eigenvalue weighted by Gasteiger charge is -2.06. The van der Waals surface area contributed by atoms with E-state index in [4.69, 9.17) is 5.73 Å². The van der Waals surface area contributed by atoms with E-state index < -0.39 is 6.03 Å². The lowest BCUT2D eigenvalue weighted by atomic mass is 10.0. The Morgan fingerprint density at radius 1 is 1.29 bits per heavy atom. The van der Waals surface area contributed by atoms with Crippen molar-refractivity contribution in [3.05, 3.63) is 35.9 Å². The minimum Gasteiger partial charge on any atom is -0.350 e. The van der Waals surface area contributed by atoms with E-state index in [-0.39, 0.29) is 0 Å². The van der Waals surface area contributed by atoms with Gasteiger partial charge in [0.25, 0.3) is 0 Å². The third-order valence-electron chi connectivity index (χ3n) is 2.43. The van der Waals surface area contributed by atoms with Crippen LogP contribution in [0.1, 0.15) is 38.2 Å². The second-order valence-electron chi connectivity index (χ2n) is 3.86. The molecule has 0 heterocycles. The number of amides is 2. The van der Waals surface area contributed by atoms with Gasteiger partial charge < -0.3 is 5.73 Å². The summed E-state index contributed by atoms with van der Waals surface area (Å²) in [5.41, 5.74) is 9.21. The smallest absolute Gasteiger partial charge is 0.332 e. The van der Waals surface area contributed by atoms with Gasteiger partial charge in [0.05, 0.1) is 5.71 Å². The average molecular weight is 233 g/mol. The van der Waals surface area contributed by atoms with Crippen molar-refractivity contribution in [2.45, 2.75) is 32.6 Å². The number of urea groups is 1. The summed E-state index contributed by atoms with van der Waals surface area (Å²) in [6.07, 6.45) is 4.22. The SMILES string of the molecule is CCCCCC(=NNC(N)=O)c1ccccc1. The lowest BCUT2D eigenvalue weighted by Crippen LogP contribution is -2.26. The fourth-order valence-corrected chi connectivity index (χ4v) is 1.56. The number of carbonyl (C=O) groups excluding carboxylic acids is 1. The highest BCUT2D eigenvalue weighted by Crippen LogP contribution is 2.08. The number of carbonyl (C=O) groups is 1. The Morgan fingerprint density at radius 2 is 2.00 bits per heavy atom. The van der Waals surface area contributed by atoms with Crippen LogP contribution in [-0.2, 0) is 0 Å². The lowest BCUT2D eigenvalue weighted by molar-refractivity contribution is 0.249. The Morgan fingerprint density at radius 3 is 2.59 bits per heavy atom. The average Bonchev–Trinajstić information content (AvgIpc) is 2.34. The monoisotopic (exact) mass is 233 g/mol. The zero-order valence-corrected chi connectivity index (χ0v) is 10.1. The molecule has 0 saturated heterocycles. The van der Waals surface area contributed by atoms with E-state index in [1.54, 1.807) is 0 Å². The van der Waals surface area contributed by atoms with Gasteiger partial charge in [-0.05, 0) is 18.4 Å². The third-order valence-corrected chi connectivity index (χ3v) is 2.43. The molecule has 3 N–H and O–H groups in total. The maximum Gasteiger partial charge on any atom is 0.332 e. The quantitative estimate of drug-likeness (QED) is 0.442. The van der Waals surface area contributed by atoms with E-state index in [0.717, 1.165) is 37.0 Å². The minimum atomic E-state index is -0.631. The standard InChI is InChI=1S/C13H19N3O/c1-2-3-5-10-12(15-16-13(14)17)11-8-6-4-7-9-11/h4,6-9H,2-3,5,10H2,1H3,(H3,14,16,17). The van der Waals surface area contributed by atoms with E-state index in [1.807, 2.05) is 30.3 Å². The van der Waals surface area contributed by atoms with Crippen molar-refractivity contribution in [2.24, 2.45) is 10.8 Å². The normalized spacial score (nSPS) is 11.2. The van der Waals surface area contributed by atoms with Gasteiger partial charge in [-0.3, -0.25) is 0 Å². The number of rotatable bonds is 6. The molecule has 0 atom stereocenters. The predicted octanol–water partition coefficient (Wildman–Crippen LogP) is 2.64. The number of hydrazone groups is 1. The number of hydrogen-bond acceptors (Lipinski definition) is 2. The topological polar surface area (TPSA) is 67.5 Å². The van der Waals surface area contributed by atoms with E-state index in [9.17, 15) is 4.79 Å².